The smallest absolute Gasteiger partial charge is 0.269 e. The van der Waals surface area contributed by atoms with Crippen LogP contribution in [0.1, 0.15) is 87.4 Å². The van der Waals surface area contributed by atoms with Gasteiger partial charge in [-0.2, -0.15) is 0 Å². The lowest BCUT2D eigenvalue weighted by Gasteiger charge is -2.38. The van der Waals surface area contributed by atoms with Crippen molar-refractivity contribution < 1.29 is 9.66 Å². The number of piperidine rings is 1. The van der Waals surface area contributed by atoms with Gasteiger partial charge in [0.15, 0.2) is 0 Å². The Morgan fingerprint density at radius 2 is 1.80 bits per heavy atom. The largest absolute Gasteiger partial charge is 0.493 e. The molecule has 0 saturated carbocycles. The van der Waals surface area contributed by atoms with E-state index in [4.69, 9.17) is 4.74 Å². The Balaban J connectivity index is 0.000000917. The third kappa shape index (κ3) is 6.22. The number of non-ortho nitro benzene ring substituents is 1. The van der Waals surface area contributed by atoms with Crippen LogP contribution in [0.4, 0.5) is 5.69 Å². The first-order chi connectivity index (χ1) is 17.1. The van der Waals surface area contributed by atoms with Gasteiger partial charge in [-0.25, -0.2) is 0 Å². The lowest BCUT2D eigenvalue weighted by atomic mass is 9.81. The van der Waals surface area contributed by atoms with Gasteiger partial charge < -0.3 is 9.64 Å². The molecule has 3 heterocycles. The molecule has 0 spiro atoms. The second-order valence-electron chi connectivity index (χ2n) is 10.1. The van der Waals surface area contributed by atoms with Crippen molar-refractivity contribution in [1.82, 2.24) is 9.80 Å². The molecule has 0 bridgehead atoms. The number of nitro benzene ring substituents is 1. The minimum Gasteiger partial charge on any atom is -0.493 e. The number of ether oxygens (including phenoxy) is 1. The summed E-state index contributed by atoms with van der Waals surface area (Å²) in [5.41, 5.74) is 3.76. The highest BCUT2D eigenvalue weighted by molar-refractivity contribution is 5.52. The van der Waals surface area contributed by atoms with E-state index < -0.39 is 0 Å². The predicted molar refractivity (Wildman–Crippen MR) is 141 cm³/mol. The molecule has 2 saturated heterocycles. The van der Waals surface area contributed by atoms with E-state index in [9.17, 15) is 10.1 Å². The van der Waals surface area contributed by atoms with E-state index in [0.717, 1.165) is 37.4 Å². The van der Waals surface area contributed by atoms with Crippen LogP contribution in [-0.4, -0.2) is 54.1 Å². The van der Waals surface area contributed by atoms with E-state index in [2.05, 4.69) is 41.8 Å². The first-order valence-corrected chi connectivity index (χ1v) is 13.6. The number of nitro groups is 1. The van der Waals surface area contributed by atoms with Crippen molar-refractivity contribution in [2.45, 2.75) is 70.8 Å². The average Bonchev–Trinajstić information content (AvgIpc) is 3.36. The fourth-order valence-corrected chi connectivity index (χ4v) is 5.85. The molecule has 6 nitrogen and oxygen atoms in total. The quantitative estimate of drug-likeness (QED) is 0.256. The van der Waals surface area contributed by atoms with Gasteiger partial charge in [-0.15, -0.1) is 0 Å². The third-order valence-electron chi connectivity index (χ3n) is 7.40. The molecule has 2 atom stereocenters. The van der Waals surface area contributed by atoms with Crippen molar-refractivity contribution in [2.75, 3.05) is 39.3 Å². The van der Waals surface area contributed by atoms with Gasteiger partial charge in [-0.1, -0.05) is 51.0 Å². The number of hydrogen-bond donors (Lipinski definition) is 0. The summed E-state index contributed by atoms with van der Waals surface area (Å²) in [6, 6.07) is 14.1. The highest BCUT2D eigenvalue weighted by Gasteiger charge is 2.38. The monoisotopic (exact) mass is 479 g/mol. The van der Waals surface area contributed by atoms with Crippen LogP contribution in [0, 0.1) is 10.1 Å². The van der Waals surface area contributed by atoms with Gasteiger partial charge in [-0.05, 0) is 68.9 Å². The molecule has 5 rings (SSSR count). The predicted octanol–water partition coefficient (Wildman–Crippen LogP) is 6.55. The molecular formula is C29H41N3O3. The molecule has 0 aliphatic carbocycles. The van der Waals surface area contributed by atoms with Crippen molar-refractivity contribution in [2.24, 2.45) is 0 Å². The van der Waals surface area contributed by atoms with Crippen molar-refractivity contribution >= 4 is 5.69 Å². The Kier molecular flexibility index (Phi) is 9.16. The fraction of sp³-hybridized carbons (Fsp3) is 0.586. The molecule has 0 amide bonds. The summed E-state index contributed by atoms with van der Waals surface area (Å²) < 4.78 is 6.39. The second-order valence-corrected chi connectivity index (χ2v) is 10.1. The van der Waals surface area contributed by atoms with E-state index in [0.29, 0.717) is 12.6 Å². The van der Waals surface area contributed by atoms with Crippen LogP contribution in [0.25, 0.3) is 0 Å². The van der Waals surface area contributed by atoms with Crippen LogP contribution in [0.15, 0.2) is 42.5 Å². The van der Waals surface area contributed by atoms with Gasteiger partial charge in [0.25, 0.3) is 5.69 Å². The molecule has 2 aromatic carbocycles. The summed E-state index contributed by atoms with van der Waals surface area (Å²) in [4.78, 5) is 16.2. The molecule has 3 aliphatic rings. The van der Waals surface area contributed by atoms with Gasteiger partial charge in [0.05, 0.1) is 11.5 Å². The van der Waals surface area contributed by atoms with Gasteiger partial charge in [0, 0.05) is 42.7 Å². The van der Waals surface area contributed by atoms with Crippen LogP contribution in [0.5, 0.6) is 5.75 Å². The van der Waals surface area contributed by atoms with Crippen LogP contribution in [0.2, 0.25) is 0 Å². The Morgan fingerprint density at radius 3 is 2.57 bits per heavy atom. The van der Waals surface area contributed by atoms with Crippen LogP contribution in [-0.2, 0) is 0 Å². The number of benzene rings is 2. The molecule has 1 unspecified atom stereocenters. The molecule has 190 valence electrons. The van der Waals surface area contributed by atoms with Crippen molar-refractivity contribution in [3.05, 3.63) is 69.3 Å². The van der Waals surface area contributed by atoms with Gasteiger partial charge in [0.1, 0.15) is 5.75 Å². The summed E-state index contributed by atoms with van der Waals surface area (Å²) in [6.45, 7) is 10.5. The molecule has 2 aromatic rings. The van der Waals surface area contributed by atoms with Crippen LogP contribution in [0.3, 0.4) is 0 Å². The van der Waals surface area contributed by atoms with Gasteiger partial charge in [0.2, 0.25) is 0 Å². The van der Waals surface area contributed by atoms with E-state index in [1.807, 2.05) is 12.1 Å². The molecule has 0 radical (unpaired) electrons. The van der Waals surface area contributed by atoms with E-state index in [1.54, 1.807) is 12.1 Å². The minimum atomic E-state index is -0.297. The number of rotatable bonds is 7. The lowest BCUT2D eigenvalue weighted by molar-refractivity contribution is -0.384. The van der Waals surface area contributed by atoms with Crippen LogP contribution >= 0.6 is 0 Å². The SMILES string of the molecule is CCC.O=[N+]([O-])c1cccc(C2CN3CCC[C@H]3c3cccc(OCCCN4CCCCC4)c32)c1. The summed E-state index contributed by atoms with van der Waals surface area (Å²) in [5.74, 6) is 1.06. The number of nitrogens with zero attached hydrogens (tertiary/aromatic N) is 3. The standard InChI is InChI=1S/C26H33N3O3.C3H8/c30-29(31)21-9-4-8-20(18-21)23-19-28-16-6-11-24(28)22-10-5-12-25(26(22)23)32-17-7-15-27-13-2-1-3-14-27;1-3-2/h4-5,8-10,12,18,23-24H,1-3,6-7,11,13-17,19H2;3H2,1-2H3/t23?,24-;/m0./s1. The summed E-state index contributed by atoms with van der Waals surface area (Å²) >= 11 is 0. The number of hydrogen-bond acceptors (Lipinski definition) is 5. The Morgan fingerprint density at radius 1 is 1.03 bits per heavy atom. The number of likely N-dealkylation sites (tertiary alicyclic amines) is 1. The molecule has 3 aliphatic heterocycles. The minimum absolute atomic E-state index is 0.0949. The zero-order chi connectivity index (χ0) is 24.6. The van der Waals surface area contributed by atoms with Gasteiger partial charge in [-0.3, -0.25) is 15.0 Å². The topological polar surface area (TPSA) is 58.9 Å². The van der Waals surface area contributed by atoms with Crippen LogP contribution < -0.4 is 4.74 Å². The molecule has 35 heavy (non-hydrogen) atoms. The Bertz CT molecular complexity index is 973. The zero-order valence-electron chi connectivity index (χ0n) is 21.5. The molecule has 0 aromatic heterocycles. The Hall–Kier alpha value is -2.44. The zero-order valence-corrected chi connectivity index (χ0v) is 21.5. The third-order valence-corrected chi connectivity index (χ3v) is 7.40. The highest BCUT2D eigenvalue weighted by Crippen LogP contribution is 2.47. The first-order valence-electron chi connectivity index (χ1n) is 13.6. The van der Waals surface area contributed by atoms with Gasteiger partial charge >= 0.3 is 0 Å². The van der Waals surface area contributed by atoms with Crippen molar-refractivity contribution in [3.63, 3.8) is 0 Å². The summed E-state index contributed by atoms with van der Waals surface area (Å²) in [7, 11) is 0. The van der Waals surface area contributed by atoms with Crippen molar-refractivity contribution in [1.29, 1.82) is 0 Å². The maximum atomic E-state index is 11.4. The second kappa shape index (κ2) is 12.5. The molecular weight excluding hydrogens is 438 g/mol. The van der Waals surface area contributed by atoms with E-state index >= 15 is 0 Å². The highest BCUT2D eigenvalue weighted by atomic mass is 16.6. The first kappa shape index (κ1) is 25.6. The van der Waals surface area contributed by atoms with E-state index in [-0.39, 0.29) is 16.5 Å². The number of fused-ring (bicyclic) bond motifs is 3. The van der Waals surface area contributed by atoms with Crippen molar-refractivity contribution in [3.8, 4) is 5.75 Å². The molecule has 2 fully saturated rings. The summed E-state index contributed by atoms with van der Waals surface area (Å²) in [5, 5.41) is 11.4. The fourth-order valence-electron chi connectivity index (χ4n) is 5.85. The lowest BCUT2D eigenvalue weighted by Crippen LogP contribution is -2.35. The molecule has 6 heteroatoms. The van der Waals surface area contributed by atoms with E-state index in [1.165, 1.54) is 62.7 Å². The maximum Gasteiger partial charge on any atom is 0.269 e. The molecule has 0 N–H and O–H groups in total. The average molecular weight is 480 g/mol. The maximum absolute atomic E-state index is 11.4. The summed E-state index contributed by atoms with van der Waals surface area (Å²) in [6.07, 6.45) is 8.65. The Labute approximate surface area is 210 Å². The normalized spacial score (nSPS) is 22.0.